The molecule has 0 atom stereocenters. The van der Waals surface area contributed by atoms with Crippen LogP contribution in [0, 0.1) is 11.6 Å². The van der Waals surface area contributed by atoms with Crippen molar-refractivity contribution in [1.29, 1.82) is 0 Å². The van der Waals surface area contributed by atoms with Crippen LogP contribution in [0.15, 0.2) is 18.2 Å². The second kappa shape index (κ2) is 5.00. The first-order chi connectivity index (χ1) is 8.08. The summed E-state index contributed by atoms with van der Waals surface area (Å²) in [5, 5.41) is 0. The van der Waals surface area contributed by atoms with E-state index >= 15 is 0 Å². The average molecular weight is 240 g/mol. The number of hydrogen-bond acceptors (Lipinski definition) is 2. The van der Waals surface area contributed by atoms with Gasteiger partial charge in [-0.1, -0.05) is 0 Å². The summed E-state index contributed by atoms with van der Waals surface area (Å²) in [7, 11) is 1.82. The summed E-state index contributed by atoms with van der Waals surface area (Å²) in [5.41, 5.74) is 6.18. The maximum atomic E-state index is 13.6. The number of rotatable bonds is 2. The van der Waals surface area contributed by atoms with Crippen LogP contribution in [-0.4, -0.2) is 19.1 Å². The zero-order chi connectivity index (χ0) is 12.4. The van der Waals surface area contributed by atoms with Crippen LogP contribution < -0.4 is 10.6 Å². The predicted molar refractivity (Wildman–Crippen MR) is 65.0 cm³/mol. The van der Waals surface area contributed by atoms with E-state index in [9.17, 15) is 8.78 Å². The molecule has 0 bridgehead atoms. The largest absolute Gasteiger partial charge is 0.369 e. The van der Waals surface area contributed by atoms with Crippen LogP contribution in [0.2, 0.25) is 0 Å². The SMILES string of the molecule is CN(c1cc(F)ccc1F)C1CCC(N)CC1. The molecule has 0 saturated heterocycles. The molecule has 1 aliphatic carbocycles. The Kier molecular flexibility index (Phi) is 3.62. The van der Waals surface area contributed by atoms with E-state index in [1.165, 1.54) is 12.1 Å². The number of benzene rings is 1. The van der Waals surface area contributed by atoms with Gasteiger partial charge in [0.05, 0.1) is 5.69 Å². The maximum Gasteiger partial charge on any atom is 0.146 e. The van der Waals surface area contributed by atoms with E-state index in [0.717, 1.165) is 31.7 Å². The zero-order valence-electron chi connectivity index (χ0n) is 10.00. The average Bonchev–Trinajstić information content (AvgIpc) is 2.32. The molecule has 0 spiro atoms. The summed E-state index contributed by atoms with van der Waals surface area (Å²) in [6.45, 7) is 0. The van der Waals surface area contributed by atoms with Crippen LogP contribution in [0.4, 0.5) is 14.5 Å². The van der Waals surface area contributed by atoms with Gasteiger partial charge in [0.2, 0.25) is 0 Å². The van der Waals surface area contributed by atoms with E-state index < -0.39 is 5.82 Å². The molecule has 0 amide bonds. The van der Waals surface area contributed by atoms with Gasteiger partial charge in [-0.3, -0.25) is 0 Å². The van der Waals surface area contributed by atoms with Crippen LogP contribution in [0.25, 0.3) is 0 Å². The molecule has 17 heavy (non-hydrogen) atoms. The number of nitrogens with two attached hydrogens (primary N) is 1. The first-order valence-electron chi connectivity index (χ1n) is 6.01. The number of halogens is 2. The summed E-state index contributed by atoms with van der Waals surface area (Å²) in [5.74, 6) is -0.774. The van der Waals surface area contributed by atoms with Crippen molar-refractivity contribution in [3.8, 4) is 0 Å². The first-order valence-corrected chi connectivity index (χ1v) is 6.01. The molecule has 2 nitrogen and oxygen atoms in total. The third-order valence-electron chi connectivity index (χ3n) is 3.58. The lowest BCUT2D eigenvalue weighted by atomic mass is 9.91. The first kappa shape index (κ1) is 12.3. The van der Waals surface area contributed by atoms with E-state index in [2.05, 4.69) is 0 Å². The van der Waals surface area contributed by atoms with Gasteiger partial charge in [0.15, 0.2) is 0 Å². The fourth-order valence-electron chi connectivity index (χ4n) is 2.44. The Bertz CT molecular complexity index is 387. The van der Waals surface area contributed by atoms with Gasteiger partial charge in [0, 0.05) is 25.2 Å². The second-order valence-corrected chi connectivity index (χ2v) is 4.78. The lowest BCUT2D eigenvalue weighted by Gasteiger charge is -2.35. The topological polar surface area (TPSA) is 29.3 Å². The van der Waals surface area contributed by atoms with Gasteiger partial charge in [-0.25, -0.2) is 8.78 Å². The molecular formula is C13H18F2N2. The van der Waals surface area contributed by atoms with Crippen molar-refractivity contribution >= 4 is 5.69 Å². The highest BCUT2D eigenvalue weighted by Crippen LogP contribution is 2.27. The Morgan fingerprint density at radius 1 is 1.18 bits per heavy atom. The van der Waals surface area contributed by atoms with Crippen molar-refractivity contribution in [2.45, 2.75) is 37.8 Å². The van der Waals surface area contributed by atoms with Crippen LogP contribution >= 0.6 is 0 Å². The fraction of sp³-hybridized carbons (Fsp3) is 0.538. The zero-order valence-corrected chi connectivity index (χ0v) is 10.00. The Hall–Kier alpha value is -1.16. The molecule has 1 aliphatic rings. The van der Waals surface area contributed by atoms with Crippen molar-refractivity contribution in [1.82, 2.24) is 0 Å². The van der Waals surface area contributed by atoms with E-state index in [1.807, 2.05) is 11.9 Å². The number of hydrogen-bond donors (Lipinski definition) is 1. The predicted octanol–water partition coefficient (Wildman–Crippen LogP) is 2.67. The smallest absolute Gasteiger partial charge is 0.146 e. The molecule has 1 fully saturated rings. The van der Waals surface area contributed by atoms with Crippen molar-refractivity contribution in [3.05, 3.63) is 29.8 Å². The van der Waals surface area contributed by atoms with Crippen LogP contribution in [-0.2, 0) is 0 Å². The van der Waals surface area contributed by atoms with Crippen LogP contribution in [0.5, 0.6) is 0 Å². The fourth-order valence-corrected chi connectivity index (χ4v) is 2.44. The quantitative estimate of drug-likeness (QED) is 0.861. The third kappa shape index (κ3) is 2.75. The molecule has 94 valence electrons. The number of nitrogens with zero attached hydrogens (tertiary/aromatic N) is 1. The summed E-state index contributed by atoms with van der Waals surface area (Å²) < 4.78 is 26.7. The van der Waals surface area contributed by atoms with E-state index in [-0.39, 0.29) is 17.9 Å². The highest BCUT2D eigenvalue weighted by atomic mass is 19.1. The van der Waals surface area contributed by atoms with Crippen LogP contribution in [0.3, 0.4) is 0 Å². The molecule has 1 saturated carbocycles. The normalized spacial score (nSPS) is 24.7. The summed E-state index contributed by atoms with van der Waals surface area (Å²) >= 11 is 0. The Balaban J connectivity index is 2.13. The van der Waals surface area contributed by atoms with Gasteiger partial charge >= 0.3 is 0 Å². The minimum Gasteiger partial charge on any atom is -0.369 e. The Morgan fingerprint density at radius 2 is 1.82 bits per heavy atom. The standard InChI is InChI=1S/C13H18F2N2/c1-17(11-5-3-10(16)4-6-11)13-8-9(14)2-7-12(13)15/h2,7-8,10-11H,3-6,16H2,1H3. The summed E-state index contributed by atoms with van der Waals surface area (Å²) in [6, 6.07) is 4.09. The van der Waals surface area contributed by atoms with Crippen LogP contribution in [0.1, 0.15) is 25.7 Å². The molecule has 2 rings (SSSR count). The molecule has 1 aromatic carbocycles. The third-order valence-corrected chi connectivity index (χ3v) is 3.58. The van der Waals surface area contributed by atoms with Crippen molar-refractivity contribution in [2.24, 2.45) is 5.73 Å². The van der Waals surface area contributed by atoms with E-state index in [1.54, 1.807) is 0 Å². The monoisotopic (exact) mass is 240 g/mol. The van der Waals surface area contributed by atoms with E-state index in [0.29, 0.717) is 5.69 Å². The van der Waals surface area contributed by atoms with Gasteiger partial charge in [-0.05, 0) is 37.8 Å². The highest BCUT2D eigenvalue weighted by Gasteiger charge is 2.23. The molecule has 0 heterocycles. The lowest BCUT2D eigenvalue weighted by molar-refractivity contribution is 0.382. The summed E-state index contributed by atoms with van der Waals surface area (Å²) in [6.07, 6.45) is 3.78. The number of anilines is 1. The molecule has 4 heteroatoms. The Labute approximate surface area is 100 Å². The molecule has 0 radical (unpaired) electrons. The second-order valence-electron chi connectivity index (χ2n) is 4.78. The van der Waals surface area contributed by atoms with E-state index in [4.69, 9.17) is 5.73 Å². The molecule has 0 aliphatic heterocycles. The lowest BCUT2D eigenvalue weighted by Crippen LogP contribution is -2.39. The van der Waals surface area contributed by atoms with Gasteiger partial charge in [-0.2, -0.15) is 0 Å². The van der Waals surface area contributed by atoms with Gasteiger partial charge in [0.1, 0.15) is 11.6 Å². The molecule has 0 unspecified atom stereocenters. The van der Waals surface area contributed by atoms with Crippen molar-refractivity contribution in [3.63, 3.8) is 0 Å². The summed E-state index contributed by atoms with van der Waals surface area (Å²) in [4.78, 5) is 1.84. The minimum absolute atomic E-state index is 0.256. The molecule has 0 aromatic heterocycles. The molecule has 1 aromatic rings. The van der Waals surface area contributed by atoms with Crippen molar-refractivity contribution < 1.29 is 8.78 Å². The minimum atomic E-state index is -0.402. The Morgan fingerprint density at radius 3 is 2.47 bits per heavy atom. The highest BCUT2D eigenvalue weighted by molar-refractivity contribution is 5.48. The van der Waals surface area contributed by atoms with Crippen molar-refractivity contribution in [2.75, 3.05) is 11.9 Å². The van der Waals surface area contributed by atoms with Gasteiger partial charge in [-0.15, -0.1) is 0 Å². The van der Waals surface area contributed by atoms with Gasteiger partial charge in [0.25, 0.3) is 0 Å². The van der Waals surface area contributed by atoms with Gasteiger partial charge < -0.3 is 10.6 Å². The molecular weight excluding hydrogens is 222 g/mol. The molecule has 2 N–H and O–H groups in total. The maximum absolute atomic E-state index is 13.6.